The van der Waals surface area contributed by atoms with E-state index < -0.39 is 0 Å². The maximum Gasteiger partial charge on any atom is 0.220 e. The Hall–Kier alpha value is -1.51. The molecule has 0 heterocycles. The monoisotopic (exact) mass is 274 g/mol. The predicted molar refractivity (Wildman–Crippen MR) is 83.2 cm³/mol. The van der Waals surface area contributed by atoms with Crippen LogP contribution < -0.4 is 11.1 Å². The van der Waals surface area contributed by atoms with Gasteiger partial charge in [-0.05, 0) is 30.9 Å². The number of carbonyl (C=O) groups is 1. The zero-order chi connectivity index (χ0) is 14.4. The summed E-state index contributed by atoms with van der Waals surface area (Å²) in [5, 5.41) is 3.06. The van der Waals surface area contributed by atoms with Gasteiger partial charge in [0.1, 0.15) is 0 Å². The SMILES string of the molecule is CC(NC(=O)CCC1CCCCC1)c1ccccc1N. The molecular weight excluding hydrogens is 248 g/mol. The largest absolute Gasteiger partial charge is 0.398 e. The highest BCUT2D eigenvalue weighted by atomic mass is 16.1. The lowest BCUT2D eigenvalue weighted by atomic mass is 9.86. The number of hydrogen-bond acceptors (Lipinski definition) is 2. The third-order valence-electron chi connectivity index (χ3n) is 4.34. The maximum atomic E-state index is 12.0. The number of benzene rings is 1. The number of nitrogens with one attached hydrogen (secondary N) is 1. The second kappa shape index (κ2) is 7.32. The highest BCUT2D eigenvalue weighted by Gasteiger charge is 2.16. The Morgan fingerprint density at radius 3 is 2.70 bits per heavy atom. The number of rotatable bonds is 5. The summed E-state index contributed by atoms with van der Waals surface area (Å²) in [7, 11) is 0. The van der Waals surface area contributed by atoms with Crippen molar-refractivity contribution in [3.63, 3.8) is 0 Å². The van der Waals surface area contributed by atoms with Crippen molar-refractivity contribution in [3.8, 4) is 0 Å². The van der Waals surface area contributed by atoms with Crippen LogP contribution in [0.15, 0.2) is 24.3 Å². The van der Waals surface area contributed by atoms with Crippen molar-refractivity contribution in [2.24, 2.45) is 5.92 Å². The van der Waals surface area contributed by atoms with Gasteiger partial charge in [-0.1, -0.05) is 50.3 Å². The van der Waals surface area contributed by atoms with Crippen LogP contribution in [0.1, 0.15) is 63.5 Å². The van der Waals surface area contributed by atoms with Gasteiger partial charge in [0.05, 0.1) is 6.04 Å². The van der Waals surface area contributed by atoms with Crippen molar-refractivity contribution in [3.05, 3.63) is 29.8 Å². The minimum absolute atomic E-state index is 0.0185. The molecule has 0 aliphatic heterocycles. The zero-order valence-electron chi connectivity index (χ0n) is 12.4. The lowest BCUT2D eigenvalue weighted by molar-refractivity contribution is -0.122. The Morgan fingerprint density at radius 1 is 1.30 bits per heavy atom. The van der Waals surface area contributed by atoms with Crippen molar-refractivity contribution >= 4 is 11.6 Å². The van der Waals surface area contributed by atoms with Gasteiger partial charge in [0.15, 0.2) is 0 Å². The second-order valence-electron chi connectivity index (χ2n) is 5.96. The van der Waals surface area contributed by atoms with E-state index in [4.69, 9.17) is 5.73 Å². The number of nitrogen functional groups attached to an aromatic ring is 1. The molecule has 1 aliphatic rings. The number of hydrogen-bond donors (Lipinski definition) is 2. The Balaban J connectivity index is 1.77. The van der Waals surface area contributed by atoms with E-state index in [1.807, 2.05) is 31.2 Å². The topological polar surface area (TPSA) is 55.1 Å². The highest BCUT2D eigenvalue weighted by Crippen LogP contribution is 2.27. The Morgan fingerprint density at radius 2 is 2.00 bits per heavy atom. The smallest absolute Gasteiger partial charge is 0.220 e. The number of carbonyl (C=O) groups excluding carboxylic acids is 1. The molecule has 1 saturated carbocycles. The molecule has 1 unspecified atom stereocenters. The minimum Gasteiger partial charge on any atom is -0.398 e. The van der Waals surface area contributed by atoms with Gasteiger partial charge in [-0.2, -0.15) is 0 Å². The molecule has 0 radical (unpaired) electrons. The number of anilines is 1. The van der Waals surface area contributed by atoms with Gasteiger partial charge in [-0.15, -0.1) is 0 Å². The molecular formula is C17H26N2O. The summed E-state index contributed by atoms with van der Waals surface area (Å²) >= 11 is 0. The van der Waals surface area contributed by atoms with Crippen molar-refractivity contribution in [2.45, 2.75) is 57.9 Å². The van der Waals surface area contributed by atoms with Crippen LogP contribution in [0.25, 0.3) is 0 Å². The first-order valence-electron chi connectivity index (χ1n) is 7.80. The van der Waals surface area contributed by atoms with Gasteiger partial charge < -0.3 is 11.1 Å². The molecule has 1 fully saturated rings. The van der Waals surface area contributed by atoms with Crippen LogP contribution in [0.2, 0.25) is 0 Å². The summed E-state index contributed by atoms with van der Waals surface area (Å²) in [6.45, 7) is 1.99. The fourth-order valence-electron chi connectivity index (χ4n) is 3.11. The normalized spacial score (nSPS) is 17.6. The highest BCUT2D eigenvalue weighted by molar-refractivity contribution is 5.76. The molecule has 20 heavy (non-hydrogen) atoms. The van der Waals surface area contributed by atoms with Crippen molar-refractivity contribution < 1.29 is 4.79 Å². The third-order valence-corrected chi connectivity index (χ3v) is 4.34. The van der Waals surface area contributed by atoms with Crippen LogP contribution in [0, 0.1) is 5.92 Å². The molecule has 0 bridgehead atoms. The molecule has 3 N–H and O–H groups in total. The van der Waals surface area contributed by atoms with Crippen LogP contribution in [-0.2, 0) is 4.79 Å². The summed E-state index contributed by atoms with van der Waals surface area (Å²) < 4.78 is 0. The maximum absolute atomic E-state index is 12.0. The Kier molecular flexibility index (Phi) is 5.45. The lowest BCUT2D eigenvalue weighted by Crippen LogP contribution is -2.27. The molecule has 2 rings (SSSR count). The van der Waals surface area contributed by atoms with E-state index in [0.717, 1.165) is 23.6 Å². The van der Waals surface area contributed by atoms with Gasteiger partial charge in [0, 0.05) is 12.1 Å². The van der Waals surface area contributed by atoms with Gasteiger partial charge in [0.2, 0.25) is 5.91 Å². The van der Waals surface area contributed by atoms with Crippen LogP contribution in [0.3, 0.4) is 0 Å². The molecule has 1 aromatic carbocycles. The fraction of sp³-hybridized carbons (Fsp3) is 0.588. The van der Waals surface area contributed by atoms with E-state index in [1.54, 1.807) is 0 Å². The van der Waals surface area contributed by atoms with Crippen LogP contribution in [-0.4, -0.2) is 5.91 Å². The third kappa shape index (κ3) is 4.26. The summed E-state index contributed by atoms with van der Waals surface area (Å²) in [4.78, 5) is 12.0. The fourth-order valence-corrected chi connectivity index (χ4v) is 3.11. The molecule has 3 nitrogen and oxygen atoms in total. The second-order valence-corrected chi connectivity index (χ2v) is 5.96. The van der Waals surface area contributed by atoms with Gasteiger partial charge in [0.25, 0.3) is 0 Å². The van der Waals surface area contributed by atoms with Crippen molar-refractivity contribution in [2.75, 3.05) is 5.73 Å². The minimum atomic E-state index is -0.0185. The van der Waals surface area contributed by atoms with Gasteiger partial charge in [-0.25, -0.2) is 0 Å². The first kappa shape index (κ1) is 14.9. The summed E-state index contributed by atoms with van der Waals surface area (Å²) in [6, 6.07) is 7.70. The standard InChI is InChI=1S/C17H26N2O/c1-13(15-9-5-6-10-16(15)18)19-17(20)12-11-14-7-3-2-4-8-14/h5-6,9-10,13-14H,2-4,7-8,11-12,18H2,1H3,(H,19,20). The molecule has 1 aliphatic carbocycles. The molecule has 1 aromatic rings. The van der Waals surface area contributed by atoms with Crippen LogP contribution >= 0.6 is 0 Å². The molecule has 3 heteroatoms. The van der Waals surface area contributed by atoms with E-state index in [-0.39, 0.29) is 11.9 Å². The van der Waals surface area contributed by atoms with E-state index in [2.05, 4.69) is 5.32 Å². The lowest BCUT2D eigenvalue weighted by Gasteiger charge is -2.22. The molecule has 0 spiro atoms. The number of para-hydroxylation sites is 1. The molecule has 1 amide bonds. The first-order valence-corrected chi connectivity index (χ1v) is 7.80. The van der Waals surface area contributed by atoms with E-state index >= 15 is 0 Å². The number of nitrogens with two attached hydrogens (primary N) is 1. The van der Waals surface area contributed by atoms with Crippen molar-refractivity contribution in [1.82, 2.24) is 5.32 Å². The van der Waals surface area contributed by atoms with E-state index in [9.17, 15) is 4.79 Å². The summed E-state index contributed by atoms with van der Waals surface area (Å²) in [6.07, 6.45) is 8.31. The Bertz CT molecular complexity index is 438. The van der Waals surface area contributed by atoms with Crippen LogP contribution in [0.5, 0.6) is 0 Å². The molecule has 110 valence electrons. The Labute approximate surface area is 121 Å². The van der Waals surface area contributed by atoms with Gasteiger partial charge >= 0.3 is 0 Å². The molecule has 0 aromatic heterocycles. The first-order chi connectivity index (χ1) is 9.66. The predicted octanol–water partition coefficient (Wildman–Crippen LogP) is 3.81. The summed E-state index contributed by atoms with van der Waals surface area (Å²) in [5.41, 5.74) is 7.68. The average molecular weight is 274 g/mol. The summed E-state index contributed by atoms with van der Waals surface area (Å²) in [5.74, 6) is 0.901. The van der Waals surface area contributed by atoms with Gasteiger partial charge in [-0.3, -0.25) is 4.79 Å². The molecule has 1 atom stereocenters. The van der Waals surface area contributed by atoms with E-state index in [1.165, 1.54) is 32.1 Å². The molecule has 0 saturated heterocycles. The quantitative estimate of drug-likeness (QED) is 0.802. The van der Waals surface area contributed by atoms with Crippen molar-refractivity contribution in [1.29, 1.82) is 0 Å². The van der Waals surface area contributed by atoms with Crippen LogP contribution in [0.4, 0.5) is 5.69 Å². The zero-order valence-corrected chi connectivity index (χ0v) is 12.4. The average Bonchev–Trinajstić information content (AvgIpc) is 2.46. The number of amides is 1. The van der Waals surface area contributed by atoms with E-state index in [0.29, 0.717) is 6.42 Å².